The van der Waals surface area contributed by atoms with Gasteiger partial charge in [0.2, 0.25) is 0 Å². The molecule has 0 saturated heterocycles. The standard InChI is InChI=1S/C15H22F2N2O/c1-19(2)6-3-7-20-15-13(16)8-11(9-14(15)17)10-18-12-4-5-12/h8-9,12,18H,3-7,10H2,1-2H3. The summed E-state index contributed by atoms with van der Waals surface area (Å²) >= 11 is 0. The molecule has 1 N–H and O–H groups in total. The minimum Gasteiger partial charge on any atom is -0.488 e. The number of benzene rings is 1. The normalized spacial score (nSPS) is 14.8. The first kappa shape index (κ1) is 15.2. The molecule has 0 atom stereocenters. The summed E-state index contributed by atoms with van der Waals surface area (Å²) in [5.41, 5.74) is 0.618. The highest BCUT2D eigenvalue weighted by atomic mass is 19.1. The van der Waals surface area contributed by atoms with Crippen molar-refractivity contribution in [3.05, 3.63) is 29.3 Å². The predicted octanol–water partition coefficient (Wildman–Crippen LogP) is 2.55. The average Bonchev–Trinajstić information content (AvgIpc) is 3.18. The van der Waals surface area contributed by atoms with Gasteiger partial charge in [0.25, 0.3) is 0 Å². The van der Waals surface area contributed by atoms with Gasteiger partial charge in [-0.2, -0.15) is 0 Å². The topological polar surface area (TPSA) is 24.5 Å². The zero-order valence-electron chi connectivity index (χ0n) is 12.1. The van der Waals surface area contributed by atoms with E-state index in [0.717, 1.165) is 25.8 Å². The Morgan fingerprint density at radius 3 is 2.45 bits per heavy atom. The molecule has 0 radical (unpaired) electrons. The first-order chi connectivity index (χ1) is 9.56. The maximum Gasteiger partial charge on any atom is 0.190 e. The molecular weight excluding hydrogens is 262 g/mol. The van der Waals surface area contributed by atoms with Gasteiger partial charge in [0.1, 0.15) is 0 Å². The molecule has 5 heteroatoms. The van der Waals surface area contributed by atoms with Crippen LogP contribution in [0.15, 0.2) is 12.1 Å². The van der Waals surface area contributed by atoms with E-state index in [1.807, 2.05) is 19.0 Å². The zero-order chi connectivity index (χ0) is 14.5. The van der Waals surface area contributed by atoms with E-state index in [-0.39, 0.29) is 5.75 Å². The van der Waals surface area contributed by atoms with Crippen LogP contribution >= 0.6 is 0 Å². The van der Waals surface area contributed by atoms with Gasteiger partial charge < -0.3 is 15.0 Å². The van der Waals surface area contributed by atoms with Gasteiger partial charge in [-0.05, 0) is 51.1 Å². The number of nitrogens with zero attached hydrogens (tertiary/aromatic N) is 1. The van der Waals surface area contributed by atoms with E-state index in [0.29, 0.717) is 24.8 Å². The van der Waals surface area contributed by atoms with Crippen LogP contribution in [0.4, 0.5) is 8.78 Å². The summed E-state index contributed by atoms with van der Waals surface area (Å²) in [5, 5.41) is 3.23. The molecule has 1 aliphatic carbocycles. The van der Waals surface area contributed by atoms with E-state index in [4.69, 9.17) is 4.74 Å². The molecule has 1 fully saturated rings. The second kappa shape index (κ2) is 6.99. The van der Waals surface area contributed by atoms with Crippen LogP contribution in [0.25, 0.3) is 0 Å². The molecule has 1 saturated carbocycles. The van der Waals surface area contributed by atoms with Gasteiger partial charge in [-0.25, -0.2) is 8.78 Å². The molecule has 2 rings (SSSR count). The summed E-state index contributed by atoms with van der Waals surface area (Å²) in [6.45, 7) is 1.64. The Labute approximate surface area is 118 Å². The third kappa shape index (κ3) is 4.72. The molecule has 0 aliphatic heterocycles. The lowest BCUT2D eigenvalue weighted by Gasteiger charge is -2.12. The second-order valence-electron chi connectivity index (χ2n) is 5.55. The molecule has 0 amide bonds. The zero-order valence-corrected chi connectivity index (χ0v) is 12.1. The Morgan fingerprint density at radius 2 is 1.90 bits per heavy atom. The van der Waals surface area contributed by atoms with Gasteiger partial charge in [-0.1, -0.05) is 0 Å². The molecule has 1 aromatic rings. The van der Waals surface area contributed by atoms with Crippen molar-refractivity contribution in [2.24, 2.45) is 0 Å². The van der Waals surface area contributed by atoms with Gasteiger partial charge in [0, 0.05) is 19.1 Å². The lowest BCUT2D eigenvalue weighted by molar-refractivity contribution is 0.259. The monoisotopic (exact) mass is 284 g/mol. The van der Waals surface area contributed by atoms with Crippen LogP contribution in [0.5, 0.6) is 5.75 Å². The minimum absolute atomic E-state index is 0.265. The Hall–Kier alpha value is -1.20. The van der Waals surface area contributed by atoms with Gasteiger partial charge in [-0.15, -0.1) is 0 Å². The molecule has 112 valence electrons. The Balaban J connectivity index is 1.87. The average molecular weight is 284 g/mol. The highest BCUT2D eigenvalue weighted by molar-refractivity contribution is 5.31. The second-order valence-corrected chi connectivity index (χ2v) is 5.55. The fourth-order valence-corrected chi connectivity index (χ4v) is 1.96. The minimum atomic E-state index is -0.623. The van der Waals surface area contributed by atoms with E-state index < -0.39 is 11.6 Å². The molecule has 0 heterocycles. The van der Waals surface area contributed by atoms with Gasteiger partial charge in [-0.3, -0.25) is 0 Å². The number of nitrogens with one attached hydrogen (secondary N) is 1. The van der Waals surface area contributed by atoms with Crippen LogP contribution in [-0.2, 0) is 6.54 Å². The number of ether oxygens (including phenoxy) is 1. The summed E-state index contributed by atoms with van der Waals surface area (Å²) in [7, 11) is 3.89. The van der Waals surface area contributed by atoms with Crippen LogP contribution in [0.1, 0.15) is 24.8 Å². The Bertz CT molecular complexity index is 424. The first-order valence-corrected chi connectivity index (χ1v) is 7.05. The van der Waals surface area contributed by atoms with E-state index in [1.165, 1.54) is 12.1 Å². The third-order valence-electron chi connectivity index (χ3n) is 3.23. The van der Waals surface area contributed by atoms with Crippen molar-refractivity contribution < 1.29 is 13.5 Å². The lowest BCUT2D eigenvalue weighted by atomic mass is 10.2. The van der Waals surface area contributed by atoms with Crippen molar-refractivity contribution in [1.82, 2.24) is 10.2 Å². The van der Waals surface area contributed by atoms with Crippen molar-refractivity contribution in [2.45, 2.75) is 31.8 Å². The maximum atomic E-state index is 13.8. The predicted molar refractivity (Wildman–Crippen MR) is 74.9 cm³/mol. The largest absolute Gasteiger partial charge is 0.488 e. The fraction of sp³-hybridized carbons (Fsp3) is 0.600. The van der Waals surface area contributed by atoms with Crippen LogP contribution in [-0.4, -0.2) is 38.2 Å². The molecular formula is C15H22F2N2O. The van der Waals surface area contributed by atoms with Gasteiger partial charge >= 0.3 is 0 Å². The van der Waals surface area contributed by atoms with Crippen LogP contribution in [0, 0.1) is 11.6 Å². The molecule has 1 aliphatic rings. The number of halogens is 2. The number of hydrogen-bond acceptors (Lipinski definition) is 3. The van der Waals surface area contributed by atoms with Gasteiger partial charge in [0.15, 0.2) is 17.4 Å². The smallest absolute Gasteiger partial charge is 0.190 e. The van der Waals surface area contributed by atoms with Crippen molar-refractivity contribution >= 4 is 0 Å². The fourth-order valence-electron chi connectivity index (χ4n) is 1.96. The summed E-state index contributed by atoms with van der Waals surface area (Å²) in [6, 6.07) is 3.21. The Morgan fingerprint density at radius 1 is 1.25 bits per heavy atom. The Kier molecular flexibility index (Phi) is 5.31. The van der Waals surface area contributed by atoms with E-state index >= 15 is 0 Å². The molecule has 20 heavy (non-hydrogen) atoms. The van der Waals surface area contributed by atoms with Crippen LogP contribution in [0.3, 0.4) is 0 Å². The van der Waals surface area contributed by atoms with E-state index in [9.17, 15) is 8.78 Å². The van der Waals surface area contributed by atoms with Crippen molar-refractivity contribution in [3.8, 4) is 5.75 Å². The van der Waals surface area contributed by atoms with Crippen molar-refractivity contribution in [2.75, 3.05) is 27.2 Å². The highest BCUT2D eigenvalue weighted by Gasteiger charge is 2.20. The summed E-state index contributed by atoms with van der Waals surface area (Å²) < 4.78 is 32.9. The van der Waals surface area contributed by atoms with Crippen LogP contribution in [0.2, 0.25) is 0 Å². The molecule has 0 unspecified atom stereocenters. The summed E-state index contributed by atoms with van der Waals surface area (Å²) in [4.78, 5) is 2.00. The third-order valence-corrected chi connectivity index (χ3v) is 3.23. The van der Waals surface area contributed by atoms with Crippen molar-refractivity contribution in [3.63, 3.8) is 0 Å². The molecule has 1 aromatic carbocycles. The number of rotatable bonds is 8. The summed E-state index contributed by atoms with van der Waals surface area (Å²) in [6.07, 6.45) is 3.03. The highest BCUT2D eigenvalue weighted by Crippen LogP contribution is 2.24. The molecule has 0 bridgehead atoms. The molecule has 3 nitrogen and oxygen atoms in total. The molecule has 0 spiro atoms. The summed E-state index contributed by atoms with van der Waals surface area (Å²) in [5.74, 6) is -1.51. The van der Waals surface area contributed by atoms with E-state index in [1.54, 1.807) is 0 Å². The molecule has 0 aromatic heterocycles. The lowest BCUT2D eigenvalue weighted by Crippen LogP contribution is -2.17. The van der Waals surface area contributed by atoms with E-state index in [2.05, 4.69) is 5.32 Å². The van der Waals surface area contributed by atoms with Gasteiger partial charge in [0.05, 0.1) is 6.61 Å². The van der Waals surface area contributed by atoms with Crippen molar-refractivity contribution in [1.29, 1.82) is 0 Å². The quantitative estimate of drug-likeness (QED) is 0.743. The maximum absolute atomic E-state index is 13.8. The number of hydrogen-bond donors (Lipinski definition) is 1. The SMILES string of the molecule is CN(C)CCCOc1c(F)cc(CNC2CC2)cc1F. The van der Waals surface area contributed by atoms with Crippen LogP contribution < -0.4 is 10.1 Å². The first-order valence-electron chi connectivity index (χ1n) is 7.05.